The molecule has 0 fully saturated rings. The maximum atomic E-state index is 11.7. The van der Waals surface area contributed by atoms with Crippen LogP contribution in [0.3, 0.4) is 0 Å². The van der Waals surface area contributed by atoms with Crippen LogP contribution in [0.25, 0.3) is 0 Å². The fourth-order valence-corrected chi connectivity index (χ4v) is 1.55. The SMILES string of the molecule is CCOC(C#CCC(=O)Cc1ccccc1)OCC. The van der Waals surface area contributed by atoms with Gasteiger partial charge in [-0.2, -0.15) is 0 Å². The van der Waals surface area contributed by atoms with Gasteiger partial charge in [-0.25, -0.2) is 0 Å². The van der Waals surface area contributed by atoms with Gasteiger partial charge in [-0.05, 0) is 25.3 Å². The summed E-state index contributed by atoms with van der Waals surface area (Å²) in [4.78, 5) is 11.7. The second-order valence-corrected chi connectivity index (χ2v) is 3.94. The molecular formula is C16H20O3. The minimum atomic E-state index is -0.528. The molecule has 0 spiro atoms. The van der Waals surface area contributed by atoms with Gasteiger partial charge in [-0.1, -0.05) is 36.3 Å². The minimum Gasteiger partial charge on any atom is -0.342 e. The molecule has 0 N–H and O–H groups in total. The Bertz CT molecular complexity index is 422. The van der Waals surface area contributed by atoms with Crippen LogP contribution in [0, 0.1) is 11.8 Å². The first-order valence-corrected chi connectivity index (χ1v) is 6.53. The lowest BCUT2D eigenvalue weighted by Crippen LogP contribution is -2.15. The number of ketones is 1. The molecule has 0 saturated heterocycles. The Kier molecular flexibility index (Phi) is 7.57. The summed E-state index contributed by atoms with van der Waals surface area (Å²) in [5.41, 5.74) is 1.01. The van der Waals surface area contributed by atoms with Crippen LogP contribution >= 0.6 is 0 Å². The van der Waals surface area contributed by atoms with Crippen molar-refractivity contribution in [1.29, 1.82) is 0 Å². The molecule has 19 heavy (non-hydrogen) atoms. The van der Waals surface area contributed by atoms with Crippen molar-refractivity contribution in [2.24, 2.45) is 0 Å². The van der Waals surface area contributed by atoms with Crippen molar-refractivity contribution in [1.82, 2.24) is 0 Å². The number of rotatable bonds is 7. The Labute approximate surface area is 114 Å². The molecular weight excluding hydrogens is 240 g/mol. The zero-order chi connectivity index (χ0) is 13.9. The molecule has 0 amide bonds. The van der Waals surface area contributed by atoms with E-state index >= 15 is 0 Å². The minimum absolute atomic E-state index is 0.102. The molecule has 1 rings (SSSR count). The summed E-state index contributed by atoms with van der Waals surface area (Å²) < 4.78 is 10.6. The Morgan fingerprint density at radius 1 is 1.16 bits per heavy atom. The second-order valence-electron chi connectivity index (χ2n) is 3.94. The van der Waals surface area contributed by atoms with E-state index in [1.54, 1.807) is 0 Å². The summed E-state index contributed by atoms with van der Waals surface area (Å²) in [6, 6.07) is 9.66. The molecule has 0 radical (unpaired) electrons. The number of carbonyl (C=O) groups is 1. The van der Waals surface area contributed by atoms with Crippen molar-refractivity contribution in [3.05, 3.63) is 35.9 Å². The van der Waals surface area contributed by atoms with Crippen LogP contribution in [-0.4, -0.2) is 25.3 Å². The van der Waals surface area contributed by atoms with Gasteiger partial charge in [0.25, 0.3) is 0 Å². The molecule has 0 unspecified atom stereocenters. The summed E-state index contributed by atoms with van der Waals surface area (Å²) in [5, 5.41) is 0. The second kappa shape index (κ2) is 9.32. The Hall–Kier alpha value is -1.63. The Balaban J connectivity index is 2.41. The van der Waals surface area contributed by atoms with Gasteiger partial charge in [0.2, 0.25) is 6.29 Å². The summed E-state index contributed by atoms with van der Waals surface area (Å²) in [6.07, 6.45) is 0.120. The van der Waals surface area contributed by atoms with Crippen LogP contribution in [0.5, 0.6) is 0 Å². The van der Waals surface area contributed by atoms with E-state index in [4.69, 9.17) is 9.47 Å². The van der Waals surface area contributed by atoms with E-state index in [0.717, 1.165) is 5.56 Å². The van der Waals surface area contributed by atoms with Crippen molar-refractivity contribution in [3.63, 3.8) is 0 Å². The quantitative estimate of drug-likeness (QED) is 0.558. The van der Waals surface area contributed by atoms with Gasteiger partial charge < -0.3 is 9.47 Å². The molecule has 0 aliphatic carbocycles. The van der Waals surface area contributed by atoms with E-state index in [-0.39, 0.29) is 12.2 Å². The third kappa shape index (κ3) is 6.76. The first kappa shape index (κ1) is 15.4. The van der Waals surface area contributed by atoms with E-state index in [1.807, 2.05) is 44.2 Å². The lowest BCUT2D eigenvalue weighted by Gasteiger charge is -2.09. The van der Waals surface area contributed by atoms with Crippen molar-refractivity contribution >= 4 is 5.78 Å². The maximum absolute atomic E-state index is 11.7. The third-order valence-electron chi connectivity index (χ3n) is 2.39. The molecule has 0 bridgehead atoms. The van der Waals surface area contributed by atoms with Crippen LogP contribution in [-0.2, 0) is 20.7 Å². The summed E-state index contributed by atoms with van der Waals surface area (Å²) in [6.45, 7) is 4.84. The van der Waals surface area contributed by atoms with Gasteiger partial charge in [0.05, 0.1) is 6.42 Å². The molecule has 0 saturated carbocycles. The monoisotopic (exact) mass is 260 g/mol. The highest BCUT2D eigenvalue weighted by Crippen LogP contribution is 2.01. The first-order chi connectivity index (χ1) is 9.26. The predicted molar refractivity (Wildman–Crippen MR) is 74.6 cm³/mol. The van der Waals surface area contributed by atoms with Gasteiger partial charge in [0, 0.05) is 19.6 Å². The summed E-state index contributed by atoms with van der Waals surface area (Å²) in [7, 11) is 0. The van der Waals surface area contributed by atoms with Crippen LogP contribution in [0.1, 0.15) is 25.8 Å². The largest absolute Gasteiger partial charge is 0.342 e. The van der Waals surface area contributed by atoms with Crippen molar-refractivity contribution in [2.45, 2.75) is 33.0 Å². The van der Waals surface area contributed by atoms with Crippen LogP contribution in [0.2, 0.25) is 0 Å². The molecule has 0 heterocycles. The first-order valence-electron chi connectivity index (χ1n) is 6.53. The third-order valence-corrected chi connectivity index (χ3v) is 2.39. The number of benzene rings is 1. The average molecular weight is 260 g/mol. The normalized spacial score (nSPS) is 10.1. The molecule has 3 heteroatoms. The number of hydrogen-bond donors (Lipinski definition) is 0. The van der Waals surface area contributed by atoms with Gasteiger partial charge in [0.15, 0.2) is 0 Å². The topological polar surface area (TPSA) is 35.5 Å². The molecule has 0 aliphatic heterocycles. The van der Waals surface area contributed by atoms with E-state index < -0.39 is 6.29 Å². The van der Waals surface area contributed by atoms with Crippen molar-refractivity contribution in [2.75, 3.05) is 13.2 Å². The van der Waals surface area contributed by atoms with Crippen molar-refractivity contribution in [3.8, 4) is 11.8 Å². The predicted octanol–water partition coefficient (Wildman–Crippen LogP) is 2.59. The van der Waals surface area contributed by atoms with E-state index in [2.05, 4.69) is 11.8 Å². The van der Waals surface area contributed by atoms with Gasteiger partial charge in [-0.3, -0.25) is 4.79 Å². The van der Waals surface area contributed by atoms with Crippen LogP contribution < -0.4 is 0 Å². The molecule has 1 aromatic carbocycles. The van der Waals surface area contributed by atoms with Gasteiger partial charge >= 0.3 is 0 Å². The van der Waals surface area contributed by atoms with E-state index in [0.29, 0.717) is 19.6 Å². The van der Waals surface area contributed by atoms with Crippen LogP contribution in [0.15, 0.2) is 30.3 Å². The summed E-state index contributed by atoms with van der Waals surface area (Å²) in [5.74, 6) is 5.75. The number of ether oxygens (including phenoxy) is 2. The highest BCUT2D eigenvalue weighted by molar-refractivity contribution is 5.83. The highest BCUT2D eigenvalue weighted by atomic mass is 16.7. The van der Waals surface area contributed by atoms with Crippen molar-refractivity contribution < 1.29 is 14.3 Å². The fourth-order valence-electron chi connectivity index (χ4n) is 1.55. The van der Waals surface area contributed by atoms with E-state index in [9.17, 15) is 4.79 Å². The lowest BCUT2D eigenvalue weighted by atomic mass is 10.1. The van der Waals surface area contributed by atoms with Gasteiger partial charge in [0.1, 0.15) is 5.78 Å². The lowest BCUT2D eigenvalue weighted by molar-refractivity contribution is -0.117. The summed E-state index contributed by atoms with van der Waals surface area (Å²) >= 11 is 0. The van der Waals surface area contributed by atoms with E-state index in [1.165, 1.54) is 0 Å². The zero-order valence-electron chi connectivity index (χ0n) is 11.5. The molecule has 3 nitrogen and oxygen atoms in total. The maximum Gasteiger partial charge on any atom is 0.222 e. The molecule has 0 aliphatic rings. The van der Waals surface area contributed by atoms with Gasteiger partial charge in [-0.15, -0.1) is 0 Å². The number of hydrogen-bond acceptors (Lipinski definition) is 3. The zero-order valence-corrected chi connectivity index (χ0v) is 11.5. The standard InChI is InChI=1S/C16H20O3/c1-3-18-16(19-4-2)12-8-11-15(17)13-14-9-6-5-7-10-14/h5-7,9-10,16H,3-4,11,13H2,1-2H3. The highest BCUT2D eigenvalue weighted by Gasteiger charge is 2.03. The number of Topliss-reactive ketones (excluding diaryl/α,β-unsaturated/α-hetero) is 1. The molecule has 0 atom stereocenters. The molecule has 102 valence electrons. The fraction of sp³-hybridized carbons (Fsp3) is 0.438. The molecule has 1 aromatic rings. The van der Waals surface area contributed by atoms with Crippen LogP contribution in [0.4, 0.5) is 0 Å². The smallest absolute Gasteiger partial charge is 0.222 e. The molecule has 0 aromatic heterocycles. The Morgan fingerprint density at radius 3 is 2.37 bits per heavy atom. The number of carbonyl (C=O) groups excluding carboxylic acids is 1. The average Bonchev–Trinajstić information content (AvgIpc) is 2.40. The Morgan fingerprint density at radius 2 is 1.79 bits per heavy atom.